The van der Waals surface area contributed by atoms with Gasteiger partial charge in [0.2, 0.25) is 5.89 Å². The second kappa shape index (κ2) is 8.19. The summed E-state index contributed by atoms with van der Waals surface area (Å²) in [6.07, 6.45) is 1.40. The zero-order chi connectivity index (χ0) is 22.1. The molecule has 1 aromatic carbocycles. The number of nitrogens with zero attached hydrogens (tertiary/aromatic N) is 3. The van der Waals surface area contributed by atoms with Crippen LogP contribution in [0.4, 0.5) is 4.39 Å². The Hall–Kier alpha value is -3.33. The molecule has 30 heavy (non-hydrogen) atoms. The van der Waals surface area contributed by atoms with Gasteiger partial charge in [-0.25, -0.2) is 4.39 Å². The minimum atomic E-state index is -1.22. The molecule has 158 valence electrons. The third-order valence-corrected chi connectivity index (χ3v) is 4.87. The average molecular weight is 414 g/mol. The highest BCUT2D eigenvalue weighted by atomic mass is 19.1. The monoisotopic (exact) mass is 414 g/mol. The molecule has 0 radical (unpaired) electrons. The zero-order valence-electron chi connectivity index (χ0n) is 17.1. The van der Waals surface area contributed by atoms with Crippen LogP contribution in [-0.4, -0.2) is 31.3 Å². The summed E-state index contributed by atoms with van der Waals surface area (Å²) >= 11 is 0. The van der Waals surface area contributed by atoms with E-state index in [1.165, 1.54) is 41.1 Å². The van der Waals surface area contributed by atoms with Gasteiger partial charge in [-0.1, -0.05) is 17.3 Å². The van der Waals surface area contributed by atoms with E-state index in [1.807, 2.05) is 0 Å². The molecule has 3 rings (SSSR count). The van der Waals surface area contributed by atoms with E-state index in [9.17, 15) is 19.1 Å². The molecule has 0 bridgehead atoms. The summed E-state index contributed by atoms with van der Waals surface area (Å²) in [7, 11) is 0. The first-order valence-electron chi connectivity index (χ1n) is 9.38. The van der Waals surface area contributed by atoms with Gasteiger partial charge in [-0.15, -0.1) is 0 Å². The van der Waals surface area contributed by atoms with Gasteiger partial charge in [-0.05, 0) is 51.5 Å². The molecule has 2 heterocycles. The van der Waals surface area contributed by atoms with Crippen molar-refractivity contribution < 1.29 is 18.8 Å². The van der Waals surface area contributed by atoms with Gasteiger partial charge in [-0.3, -0.25) is 9.59 Å². The Morgan fingerprint density at radius 3 is 2.57 bits per heavy atom. The van der Waals surface area contributed by atoms with E-state index in [2.05, 4.69) is 15.5 Å². The van der Waals surface area contributed by atoms with E-state index < -0.39 is 28.9 Å². The van der Waals surface area contributed by atoms with Gasteiger partial charge in [0.05, 0.1) is 23.8 Å². The Kier molecular flexibility index (Phi) is 5.84. The molecule has 1 atom stereocenters. The van der Waals surface area contributed by atoms with Crippen molar-refractivity contribution in [3.63, 3.8) is 0 Å². The number of pyridine rings is 1. The largest absolute Gasteiger partial charge is 0.388 e. The lowest BCUT2D eigenvalue weighted by Crippen LogP contribution is -2.38. The molecule has 2 N–H and O–H groups in total. The number of carbonyl (C=O) groups excluding carboxylic acids is 1. The molecule has 0 fully saturated rings. The van der Waals surface area contributed by atoms with Crippen molar-refractivity contribution in [2.24, 2.45) is 0 Å². The maximum Gasteiger partial charge on any atom is 0.258 e. The molecular weight excluding hydrogens is 391 g/mol. The minimum Gasteiger partial charge on any atom is -0.388 e. The molecule has 2 aromatic heterocycles. The predicted octanol–water partition coefficient (Wildman–Crippen LogP) is 2.61. The molecule has 0 spiro atoms. The maximum absolute atomic E-state index is 13.3. The van der Waals surface area contributed by atoms with Crippen LogP contribution in [0.15, 0.2) is 45.8 Å². The molecule has 1 unspecified atom stereocenters. The summed E-state index contributed by atoms with van der Waals surface area (Å²) in [4.78, 5) is 29.9. The number of aryl methyl sites for hydroxylation is 1. The van der Waals surface area contributed by atoms with Crippen LogP contribution in [0, 0.1) is 12.7 Å². The van der Waals surface area contributed by atoms with Crippen molar-refractivity contribution in [2.75, 3.05) is 0 Å². The average Bonchev–Trinajstić information content (AvgIpc) is 3.11. The number of hydrogen-bond donors (Lipinski definition) is 2. The van der Waals surface area contributed by atoms with E-state index in [-0.39, 0.29) is 23.6 Å². The molecule has 0 saturated carbocycles. The molecule has 3 aromatic rings. The zero-order valence-corrected chi connectivity index (χ0v) is 17.1. The number of aliphatic hydroxyl groups is 1. The van der Waals surface area contributed by atoms with E-state index in [1.54, 1.807) is 27.7 Å². The van der Waals surface area contributed by atoms with Crippen LogP contribution in [0.25, 0.3) is 11.1 Å². The lowest BCUT2D eigenvalue weighted by molar-refractivity contribution is 0.0291. The highest BCUT2D eigenvalue weighted by Crippen LogP contribution is 2.23. The number of hydrogen-bond acceptors (Lipinski definition) is 6. The van der Waals surface area contributed by atoms with E-state index >= 15 is 0 Å². The van der Waals surface area contributed by atoms with Crippen LogP contribution < -0.4 is 10.9 Å². The highest BCUT2D eigenvalue weighted by Gasteiger charge is 2.27. The SMILES string of the molecule is Cc1noc(CNC(=O)c2cc(-c3ccc(F)cc3)c(=O)n(C(C)C(C)(C)O)c2)n1. The fourth-order valence-electron chi connectivity index (χ4n) is 2.86. The van der Waals surface area contributed by atoms with Crippen LogP contribution in [-0.2, 0) is 6.54 Å². The van der Waals surface area contributed by atoms with Crippen molar-refractivity contribution in [1.82, 2.24) is 20.0 Å². The molecule has 1 amide bonds. The molecule has 0 aliphatic carbocycles. The van der Waals surface area contributed by atoms with E-state index in [0.29, 0.717) is 11.4 Å². The second-order valence-electron chi connectivity index (χ2n) is 7.61. The summed E-state index contributed by atoms with van der Waals surface area (Å²) in [6, 6.07) is 6.22. The van der Waals surface area contributed by atoms with Crippen molar-refractivity contribution in [1.29, 1.82) is 0 Å². The van der Waals surface area contributed by atoms with Gasteiger partial charge in [0, 0.05) is 11.8 Å². The van der Waals surface area contributed by atoms with Crippen molar-refractivity contribution in [3.8, 4) is 11.1 Å². The molecular formula is C21H23FN4O4. The summed E-state index contributed by atoms with van der Waals surface area (Å²) < 4.78 is 19.6. The fraction of sp³-hybridized carbons (Fsp3) is 0.333. The summed E-state index contributed by atoms with van der Waals surface area (Å²) in [5.41, 5.74) is -0.755. The van der Waals surface area contributed by atoms with Crippen LogP contribution in [0.5, 0.6) is 0 Å². The molecule has 0 aliphatic heterocycles. The Balaban J connectivity index is 2.03. The van der Waals surface area contributed by atoms with Crippen LogP contribution >= 0.6 is 0 Å². The predicted molar refractivity (Wildman–Crippen MR) is 107 cm³/mol. The van der Waals surface area contributed by atoms with Gasteiger partial charge in [0.15, 0.2) is 5.82 Å². The number of aromatic nitrogens is 3. The summed E-state index contributed by atoms with van der Waals surface area (Å²) in [6.45, 7) is 6.51. The lowest BCUT2D eigenvalue weighted by atomic mass is 9.98. The maximum atomic E-state index is 13.3. The number of halogens is 1. The quantitative estimate of drug-likeness (QED) is 0.642. The molecule has 0 saturated heterocycles. The normalized spacial score (nSPS) is 12.6. The third kappa shape index (κ3) is 4.62. The van der Waals surface area contributed by atoms with E-state index in [0.717, 1.165) is 0 Å². The summed E-state index contributed by atoms with van der Waals surface area (Å²) in [5, 5.41) is 16.7. The Morgan fingerprint density at radius 2 is 2.00 bits per heavy atom. The number of nitrogens with one attached hydrogen (secondary N) is 1. The second-order valence-corrected chi connectivity index (χ2v) is 7.61. The Bertz CT molecular complexity index is 1110. The first kappa shape index (κ1) is 21.4. The van der Waals surface area contributed by atoms with Gasteiger partial charge >= 0.3 is 0 Å². The Morgan fingerprint density at radius 1 is 1.33 bits per heavy atom. The van der Waals surface area contributed by atoms with Gasteiger partial charge in [0.25, 0.3) is 11.5 Å². The lowest BCUT2D eigenvalue weighted by Gasteiger charge is -2.28. The third-order valence-electron chi connectivity index (χ3n) is 4.87. The van der Waals surface area contributed by atoms with E-state index in [4.69, 9.17) is 4.52 Å². The van der Waals surface area contributed by atoms with Crippen molar-refractivity contribution in [2.45, 2.75) is 45.9 Å². The Labute approximate surface area is 172 Å². The first-order valence-corrected chi connectivity index (χ1v) is 9.38. The molecule has 9 heteroatoms. The highest BCUT2D eigenvalue weighted by molar-refractivity contribution is 5.95. The van der Waals surface area contributed by atoms with Crippen molar-refractivity contribution in [3.05, 3.63) is 70.0 Å². The fourth-order valence-corrected chi connectivity index (χ4v) is 2.86. The summed E-state index contributed by atoms with van der Waals surface area (Å²) in [5.74, 6) is -0.207. The smallest absolute Gasteiger partial charge is 0.258 e. The van der Waals surface area contributed by atoms with Gasteiger partial charge in [-0.2, -0.15) is 4.98 Å². The van der Waals surface area contributed by atoms with Crippen molar-refractivity contribution >= 4 is 5.91 Å². The topological polar surface area (TPSA) is 110 Å². The van der Waals surface area contributed by atoms with Crippen LogP contribution in [0.3, 0.4) is 0 Å². The number of amides is 1. The number of rotatable bonds is 6. The number of carbonyl (C=O) groups is 1. The van der Waals surface area contributed by atoms with Gasteiger partial charge in [0.1, 0.15) is 5.82 Å². The van der Waals surface area contributed by atoms with Crippen LogP contribution in [0.2, 0.25) is 0 Å². The van der Waals surface area contributed by atoms with Gasteiger partial charge < -0.3 is 19.5 Å². The number of benzene rings is 1. The molecule has 0 aliphatic rings. The minimum absolute atomic E-state index is 0.0196. The van der Waals surface area contributed by atoms with Crippen LogP contribution in [0.1, 0.15) is 48.9 Å². The first-order chi connectivity index (χ1) is 14.1. The molecule has 8 nitrogen and oxygen atoms in total. The standard InChI is InChI=1S/C21H23FN4O4/c1-12(21(3,4)29)26-11-15(19(27)23-10-18-24-13(2)25-30-18)9-17(20(26)28)14-5-7-16(22)8-6-14/h5-9,11-12,29H,10H2,1-4H3,(H,23,27).